The van der Waals surface area contributed by atoms with E-state index in [9.17, 15) is 31.1 Å². The summed E-state index contributed by atoms with van der Waals surface area (Å²) in [4.78, 5) is 10.7. The van der Waals surface area contributed by atoms with Crippen LogP contribution in [0.2, 0.25) is 0 Å². The Morgan fingerprint density at radius 1 is 1.10 bits per heavy atom. The third-order valence-electron chi connectivity index (χ3n) is 2.50. The molecule has 1 atom stereocenters. The molecule has 112 valence electrons. The van der Waals surface area contributed by atoms with Gasteiger partial charge in [-0.3, -0.25) is 4.79 Å². The van der Waals surface area contributed by atoms with Crippen LogP contribution in [0.5, 0.6) is 0 Å². The van der Waals surface area contributed by atoms with Crippen LogP contribution in [0.1, 0.15) is 29.2 Å². The van der Waals surface area contributed by atoms with Crippen LogP contribution in [0.3, 0.4) is 0 Å². The van der Waals surface area contributed by atoms with Gasteiger partial charge in [0.05, 0.1) is 11.1 Å². The Balaban J connectivity index is 3.37. The van der Waals surface area contributed by atoms with Crippen LogP contribution in [0.15, 0.2) is 18.2 Å². The Hall–Kier alpha value is -1.77. The molecule has 1 aromatic rings. The number of carbonyl (C=O) groups is 1. The highest BCUT2D eigenvalue weighted by Crippen LogP contribution is 2.38. The van der Waals surface area contributed by atoms with Crippen molar-refractivity contribution in [1.29, 1.82) is 0 Å². The Kier molecular flexibility index (Phi) is 4.33. The molecule has 0 radical (unpaired) electrons. The highest BCUT2D eigenvalue weighted by Gasteiger charge is 2.38. The average molecular weight is 300 g/mol. The van der Waals surface area contributed by atoms with Gasteiger partial charge in [0, 0.05) is 12.5 Å². The normalized spacial score (nSPS) is 14.2. The molecule has 1 rings (SSSR count). The Morgan fingerprint density at radius 3 is 2.05 bits per heavy atom. The van der Waals surface area contributed by atoms with Crippen LogP contribution >= 0.6 is 0 Å². The fourth-order valence-electron chi connectivity index (χ4n) is 1.63. The SMILES string of the molecule is NC(=O)CC(N)c1cc(C(F)(F)F)ccc1C(F)(F)F. The molecule has 1 unspecified atom stereocenters. The molecule has 0 heterocycles. The van der Waals surface area contributed by atoms with Gasteiger partial charge in [0.15, 0.2) is 0 Å². The van der Waals surface area contributed by atoms with E-state index in [1.807, 2.05) is 0 Å². The third kappa shape index (κ3) is 3.86. The minimum atomic E-state index is -4.88. The molecule has 1 amide bonds. The van der Waals surface area contributed by atoms with Crippen molar-refractivity contribution < 1.29 is 31.1 Å². The predicted octanol–water partition coefficient (Wildman–Crippen LogP) is 2.60. The van der Waals surface area contributed by atoms with Gasteiger partial charge in [0.1, 0.15) is 0 Å². The second-order valence-electron chi connectivity index (χ2n) is 4.07. The number of nitrogens with two attached hydrogens (primary N) is 2. The number of hydrogen-bond donors (Lipinski definition) is 2. The molecule has 3 nitrogen and oxygen atoms in total. The van der Waals surface area contributed by atoms with E-state index in [0.717, 1.165) is 0 Å². The number of halogens is 6. The smallest absolute Gasteiger partial charge is 0.370 e. The molecule has 0 aliphatic rings. The number of hydrogen-bond acceptors (Lipinski definition) is 2. The molecular weight excluding hydrogens is 290 g/mol. The molecule has 0 aliphatic carbocycles. The molecule has 9 heteroatoms. The minimum Gasteiger partial charge on any atom is -0.370 e. The molecule has 4 N–H and O–H groups in total. The van der Waals surface area contributed by atoms with Gasteiger partial charge in [-0.2, -0.15) is 26.3 Å². The van der Waals surface area contributed by atoms with E-state index in [1.165, 1.54) is 0 Å². The molecular formula is C11H10F6N2O. The Labute approximate surface area is 109 Å². The number of alkyl halides is 6. The third-order valence-corrected chi connectivity index (χ3v) is 2.50. The number of primary amides is 1. The summed E-state index contributed by atoms with van der Waals surface area (Å²) < 4.78 is 75.7. The van der Waals surface area contributed by atoms with Crippen molar-refractivity contribution in [1.82, 2.24) is 0 Å². The predicted molar refractivity (Wildman–Crippen MR) is 57.2 cm³/mol. The van der Waals surface area contributed by atoms with Crippen molar-refractivity contribution >= 4 is 5.91 Å². The Morgan fingerprint density at radius 2 is 1.65 bits per heavy atom. The van der Waals surface area contributed by atoms with Crippen LogP contribution in [-0.4, -0.2) is 5.91 Å². The maximum Gasteiger partial charge on any atom is 0.416 e. The molecule has 1 aromatic carbocycles. The average Bonchev–Trinajstić information content (AvgIpc) is 2.24. The summed E-state index contributed by atoms with van der Waals surface area (Å²) in [5.41, 5.74) is 6.72. The molecule has 20 heavy (non-hydrogen) atoms. The zero-order valence-corrected chi connectivity index (χ0v) is 9.85. The summed E-state index contributed by atoms with van der Waals surface area (Å²) in [6, 6.07) is -0.676. The lowest BCUT2D eigenvalue weighted by molar-refractivity contribution is -0.142. The molecule has 0 aromatic heterocycles. The van der Waals surface area contributed by atoms with Crippen LogP contribution in [0.4, 0.5) is 26.3 Å². The second-order valence-corrected chi connectivity index (χ2v) is 4.07. The number of carbonyl (C=O) groups excluding carboxylic acids is 1. The topological polar surface area (TPSA) is 69.1 Å². The molecule has 0 bridgehead atoms. The quantitative estimate of drug-likeness (QED) is 0.842. The summed E-state index contributed by atoms with van der Waals surface area (Å²) in [5.74, 6) is -1.01. The first-order valence-corrected chi connectivity index (χ1v) is 5.25. The summed E-state index contributed by atoms with van der Waals surface area (Å²) in [6.45, 7) is 0. The van der Waals surface area contributed by atoms with E-state index in [0.29, 0.717) is 12.1 Å². The molecule has 0 spiro atoms. The van der Waals surface area contributed by atoms with Crippen LogP contribution in [-0.2, 0) is 17.1 Å². The number of amides is 1. The first-order chi connectivity index (χ1) is 8.93. The van der Waals surface area contributed by atoms with Crippen molar-refractivity contribution in [3.05, 3.63) is 34.9 Å². The van der Waals surface area contributed by atoms with Crippen molar-refractivity contribution in [2.75, 3.05) is 0 Å². The highest BCUT2D eigenvalue weighted by molar-refractivity contribution is 5.74. The largest absolute Gasteiger partial charge is 0.416 e. The van der Waals surface area contributed by atoms with Crippen molar-refractivity contribution in [3.63, 3.8) is 0 Å². The van der Waals surface area contributed by atoms with E-state index in [4.69, 9.17) is 11.5 Å². The Bertz CT molecular complexity index is 509. The lowest BCUT2D eigenvalue weighted by atomic mass is 9.95. The molecule has 0 saturated heterocycles. The van der Waals surface area contributed by atoms with Gasteiger partial charge in [-0.25, -0.2) is 0 Å². The zero-order valence-electron chi connectivity index (χ0n) is 9.85. The second kappa shape index (κ2) is 5.31. The monoisotopic (exact) mass is 300 g/mol. The maximum absolute atomic E-state index is 12.7. The molecule has 0 aliphatic heterocycles. The number of benzene rings is 1. The van der Waals surface area contributed by atoms with E-state index < -0.39 is 47.4 Å². The van der Waals surface area contributed by atoms with Gasteiger partial charge in [0.2, 0.25) is 5.91 Å². The fraction of sp³-hybridized carbons (Fsp3) is 0.364. The van der Waals surface area contributed by atoms with E-state index in [1.54, 1.807) is 0 Å². The maximum atomic E-state index is 12.7. The highest BCUT2D eigenvalue weighted by atomic mass is 19.4. The van der Waals surface area contributed by atoms with Crippen molar-refractivity contribution in [2.24, 2.45) is 11.5 Å². The lowest BCUT2D eigenvalue weighted by Gasteiger charge is -2.19. The first-order valence-electron chi connectivity index (χ1n) is 5.25. The summed E-state index contributed by atoms with van der Waals surface area (Å²) in [5, 5.41) is 0. The van der Waals surface area contributed by atoms with Gasteiger partial charge in [0.25, 0.3) is 0 Å². The summed E-state index contributed by atoms with van der Waals surface area (Å²) in [6.07, 6.45) is -10.4. The summed E-state index contributed by atoms with van der Waals surface area (Å²) in [7, 11) is 0. The van der Waals surface area contributed by atoms with Gasteiger partial charge >= 0.3 is 12.4 Å². The standard InChI is InChI=1S/C11H10F6N2O/c12-10(13,14)5-1-2-7(11(15,16)17)6(3-5)8(18)4-9(19)20/h1-3,8H,4,18H2,(H2,19,20). The van der Waals surface area contributed by atoms with E-state index >= 15 is 0 Å². The molecule has 0 fully saturated rings. The van der Waals surface area contributed by atoms with Crippen LogP contribution in [0.25, 0.3) is 0 Å². The van der Waals surface area contributed by atoms with Gasteiger partial charge in [-0.05, 0) is 23.8 Å². The van der Waals surface area contributed by atoms with Crippen LogP contribution in [0, 0.1) is 0 Å². The molecule has 0 saturated carbocycles. The van der Waals surface area contributed by atoms with E-state index in [-0.39, 0.29) is 6.07 Å². The van der Waals surface area contributed by atoms with Gasteiger partial charge < -0.3 is 11.5 Å². The van der Waals surface area contributed by atoms with Gasteiger partial charge in [-0.15, -0.1) is 0 Å². The fourth-order valence-corrected chi connectivity index (χ4v) is 1.63. The van der Waals surface area contributed by atoms with E-state index in [2.05, 4.69) is 0 Å². The van der Waals surface area contributed by atoms with Crippen LogP contribution < -0.4 is 11.5 Å². The first kappa shape index (κ1) is 16.3. The number of rotatable bonds is 3. The van der Waals surface area contributed by atoms with Crippen molar-refractivity contribution in [3.8, 4) is 0 Å². The summed E-state index contributed by atoms with van der Waals surface area (Å²) >= 11 is 0. The van der Waals surface area contributed by atoms with Gasteiger partial charge in [-0.1, -0.05) is 0 Å². The minimum absolute atomic E-state index is 0.288. The zero-order chi connectivity index (χ0) is 15.7. The van der Waals surface area contributed by atoms with Crippen molar-refractivity contribution in [2.45, 2.75) is 24.8 Å². The lowest BCUT2D eigenvalue weighted by Crippen LogP contribution is -2.24.